The minimum Gasteiger partial charge on any atom is -0.481 e. The van der Waals surface area contributed by atoms with Crippen LogP contribution in [0.3, 0.4) is 0 Å². The molecule has 22 heavy (non-hydrogen) atoms. The van der Waals surface area contributed by atoms with Gasteiger partial charge in [-0.1, -0.05) is 29.8 Å². The molecule has 0 radical (unpaired) electrons. The van der Waals surface area contributed by atoms with Gasteiger partial charge in [0.15, 0.2) is 0 Å². The summed E-state index contributed by atoms with van der Waals surface area (Å²) in [5.74, 6) is -1.87. The van der Waals surface area contributed by atoms with Gasteiger partial charge in [-0.15, -0.1) is 0 Å². The molecule has 1 atom stereocenters. The minimum atomic E-state index is -0.920. The van der Waals surface area contributed by atoms with Crippen LogP contribution < -0.4 is 5.32 Å². The number of benzene rings is 1. The van der Waals surface area contributed by atoms with E-state index in [1.165, 1.54) is 12.4 Å². The maximum absolute atomic E-state index is 11.9. The topological polar surface area (TPSA) is 79.3 Å². The second-order valence-electron chi connectivity index (χ2n) is 5.17. The van der Waals surface area contributed by atoms with E-state index in [9.17, 15) is 14.7 Å². The standard InChI is InChI=1S/C17H18N2O3/c1-12-3-2-4-13(9-12)10-15(17(21)22)11-19-16(20)14-5-7-18-8-6-14/h2-9,15H,10-11H2,1H3,(H,19,20)(H,21,22)/t15-/m1/s1. The summed E-state index contributed by atoms with van der Waals surface area (Å²) in [5, 5.41) is 12.0. The van der Waals surface area contributed by atoms with Gasteiger partial charge in [-0.25, -0.2) is 0 Å². The Labute approximate surface area is 129 Å². The normalized spacial score (nSPS) is 11.7. The maximum atomic E-state index is 11.9. The average Bonchev–Trinajstić information content (AvgIpc) is 2.51. The van der Waals surface area contributed by atoms with Gasteiger partial charge in [0, 0.05) is 24.5 Å². The third-order valence-electron chi connectivity index (χ3n) is 3.37. The van der Waals surface area contributed by atoms with Gasteiger partial charge in [0.2, 0.25) is 0 Å². The zero-order chi connectivity index (χ0) is 15.9. The van der Waals surface area contributed by atoms with E-state index in [0.717, 1.165) is 11.1 Å². The van der Waals surface area contributed by atoms with Crippen molar-refractivity contribution in [3.8, 4) is 0 Å². The van der Waals surface area contributed by atoms with E-state index in [-0.39, 0.29) is 12.5 Å². The molecule has 5 heteroatoms. The summed E-state index contributed by atoms with van der Waals surface area (Å²) in [6.45, 7) is 2.05. The monoisotopic (exact) mass is 298 g/mol. The van der Waals surface area contributed by atoms with Crippen LogP contribution in [0.15, 0.2) is 48.8 Å². The van der Waals surface area contributed by atoms with Crippen molar-refractivity contribution < 1.29 is 14.7 Å². The zero-order valence-corrected chi connectivity index (χ0v) is 12.3. The van der Waals surface area contributed by atoms with Crippen LogP contribution in [0.25, 0.3) is 0 Å². The van der Waals surface area contributed by atoms with Crippen molar-refractivity contribution in [2.75, 3.05) is 6.54 Å². The Morgan fingerprint density at radius 1 is 1.23 bits per heavy atom. The SMILES string of the molecule is Cc1cccc(C[C@H](CNC(=O)c2ccncc2)C(=O)O)c1. The van der Waals surface area contributed by atoms with Crippen molar-refractivity contribution >= 4 is 11.9 Å². The summed E-state index contributed by atoms with van der Waals surface area (Å²) in [7, 11) is 0. The molecule has 2 aromatic rings. The molecule has 0 bridgehead atoms. The van der Waals surface area contributed by atoms with E-state index in [1.807, 2.05) is 31.2 Å². The van der Waals surface area contributed by atoms with Gasteiger partial charge in [-0.05, 0) is 31.0 Å². The molecular weight excluding hydrogens is 280 g/mol. The van der Waals surface area contributed by atoms with Crippen LogP contribution in [0.2, 0.25) is 0 Å². The lowest BCUT2D eigenvalue weighted by atomic mass is 9.98. The molecule has 0 saturated heterocycles. The van der Waals surface area contributed by atoms with Gasteiger partial charge in [-0.2, -0.15) is 0 Å². The zero-order valence-electron chi connectivity index (χ0n) is 12.3. The summed E-state index contributed by atoms with van der Waals surface area (Å²) in [6, 6.07) is 10.9. The number of hydrogen-bond acceptors (Lipinski definition) is 3. The molecule has 0 aliphatic rings. The van der Waals surface area contributed by atoms with Crippen LogP contribution in [0.5, 0.6) is 0 Å². The molecule has 0 aliphatic carbocycles. The highest BCUT2D eigenvalue weighted by atomic mass is 16.4. The van der Waals surface area contributed by atoms with E-state index in [2.05, 4.69) is 10.3 Å². The number of amides is 1. The molecule has 1 heterocycles. The molecule has 2 rings (SSSR count). The van der Waals surface area contributed by atoms with Crippen molar-refractivity contribution in [2.24, 2.45) is 5.92 Å². The van der Waals surface area contributed by atoms with Crippen molar-refractivity contribution in [1.82, 2.24) is 10.3 Å². The summed E-state index contributed by atoms with van der Waals surface area (Å²) in [6.07, 6.45) is 3.43. The Kier molecular flexibility index (Phi) is 5.25. The summed E-state index contributed by atoms with van der Waals surface area (Å²) in [5.41, 5.74) is 2.50. The number of carbonyl (C=O) groups is 2. The molecule has 1 aromatic heterocycles. The first-order chi connectivity index (χ1) is 10.6. The number of nitrogens with zero attached hydrogens (tertiary/aromatic N) is 1. The number of rotatable bonds is 6. The Morgan fingerprint density at radius 3 is 2.59 bits per heavy atom. The van der Waals surface area contributed by atoms with Crippen LogP contribution in [-0.4, -0.2) is 28.5 Å². The largest absolute Gasteiger partial charge is 0.481 e. The fourth-order valence-corrected chi connectivity index (χ4v) is 2.19. The number of carboxylic acid groups (broad SMARTS) is 1. The molecule has 2 N–H and O–H groups in total. The average molecular weight is 298 g/mol. The number of carbonyl (C=O) groups excluding carboxylic acids is 1. The summed E-state index contributed by atoms with van der Waals surface area (Å²) >= 11 is 0. The number of pyridine rings is 1. The predicted molar refractivity (Wildman–Crippen MR) is 82.6 cm³/mol. The highest BCUT2D eigenvalue weighted by molar-refractivity contribution is 5.94. The van der Waals surface area contributed by atoms with Crippen LogP contribution >= 0.6 is 0 Å². The lowest BCUT2D eigenvalue weighted by Crippen LogP contribution is -2.34. The van der Waals surface area contributed by atoms with E-state index in [4.69, 9.17) is 0 Å². The summed E-state index contributed by atoms with van der Waals surface area (Å²) in [4.78, 5) is 27.2. The lowest BCUT2D eigenvalue weighted by Gasteiger charge is -2.14. The van der Waals surface area contributed by atoms with Crippen LogP contribution in [0.1, 0.15) is 21.5 Å². The lowest BCUT2D eigenvalue weighted by molar-refractivity contribution is -0.141. The Bertz CT molecular complexity index is 656. The number of aryl methyl sites for hydroxylation is 1. The fraction of sp³-hybridized carbons (Fsp3) is 0.235. The first kappa shape index (κ1) is 15.7. The van der Waals surface area contributed by atoms with Gasteiger partial charge < -0.3 is 10.4 Å². The molecule has 1 aromatic carbocycles. The van der Waals surface area contributed by atoms with E-state index >= 15 is 0 Å². The van der Waals surface area contributed by atoms with Gasteiger partial charge in [0.05, 0.1) is 5.92 Å². The van der Waals surface area contributed by atoms with Crippen molar-refractivity contribution in [3.05, 3.63) is 65.5 Å². The van der Waals surface area contributed by atoms with Gasteiger partial charge in [0.25, 0.3) is 5.91 Å². The number of nitrogens with one attached hydrogen (secondary N) is 1. The van der Waals surface area contributed by atoms with Gasteiger partial charge >= 0.3 is 5.97 Å². The molecule has 1 amide bonds. The molecule has 0 spiro atoms. The minimum absolute atomic E-state index is 0.0877. The molecule has 0 aliphatic heterocycles. The molecule has 0 unspecified atom stereocenters. The highest BCUT2D eigenvalue weighted by Gasteiger charge is 2.19. The Balaban J connectivity index is 1.98. The predicted octanol–water partition coefficient (Wildman–Crippen LogP) is 2.06. The second kappa shape index (κ2) is 7.36. The maximum Gasteiger partial charge on any atom is 0.308 e. The molecule has 0 fully saturated rings. The van der Waals surface area contributed by atoms with Crippen molar-refractivity contribution in [2.45, 2.75) is 13.3 Å². The van der Waals surface area contributed by atoms with Crippen molar-refractivity contribution in [1.29, 1.82) is 0 Å². The van der Waals surface area contributed by atoms with Crippen molar-refractivity contribution in [3.63, 3.8) is 0 Å². The number of hydrogen-bond donors (Lipinski definition) is 2. The Morgan fingerprint density at radius 2 is 1.95 bits per heavy atom. The van der Waals surface area contributed by atoms with E-state index in [1.54, 1.807) is 12.1 Å². The van der Waals surface area contributed by atoms with E-state index in [0.29, 0.717) is 12.0 Å². The summed E-state index contributed by atoms with van der Waals surface area (Å²) < 4.78 is 0. The number of aliphatic carboxylic acids is 1. The molecule has 114 valence electrons. The van der Waals surface area contributed by atoms with E-state index < -0.39 is 11.9 Å². The van der Waals surface area contributed by atoms with Gasteiger partial charge in [0.1, 0.15) is 0 Å². The molecule has 5 nitrogen and oxygen atoms in total. The quantitative estimate of drug-likeness (QED) is 0.855. The number of carboxylic acids is 1. The smallest absolute Gasteiger partial charge is 0.308 e. The van der Waals surface area contributed by atoms with Crippen LogP contribution in [0, 0.1) is 12.8 Å². The first-order valence-corrected chi connectivity index (χ1v) is 7.03. The third kappa shape index (κ3) is 4.41. The van der Waals surface area contributed by atoms with Gasteiger partial charge in [-0.3, -0.25) is 14.6 Å². The van der Waals surface area contributed by atoms with Crippen LogP contribution in [0.4, 0.5) is 0 Å². The van der Waals surface area contributed by atoms with Crippen LogP contribution in [-0.2, 0) is 11.2 Å². The molecule has 0 saturated carbocycles. The third-order valence-corrected chi connectivity index (χ3v) is 3.37. The fourth-order valence-electron chi connectivity index (χ4n) is 2.19. The first-order valence-electron chi connectivity index (χ1n) is 7.03. The Hall–Kier alpha value is -2.69. The second-order valence-corrected chi connectivity index (χ2v) is 5.17. The number of aromatic nitrogens is 1. The molecular formula is C17H18N2O3. The highest BCUT2D eigenvalue weighted by Crippen LogP contribution is 2.11.